The largest absolute Gasteiger partial charge is 0.573 e. The standard InChI is InChI=1S/C29H31F3N8O2/c1-19-27(13-23(15-34-19)35-28(41)21-3-2-4-25(12-21)42-29(30,31)32)40-18-26(36-37-40)22-11-24(16-33-14-22)39-9-7-38(8-10-39)17-20-5-6-20/h2-4,11-16,18,20,36-37H,5-10,17H2,1H3,(H,35,41). The van der Waals surface area contributed by atoms with Crippen LogP contribution in [0.25, 0.3) is 5.70 Å². The quantitative estimate of drug-likeness (QED) is 0.361. The molecule has 0 spiro atoms. The zero-order valence-corrected chi connectivity index (χ0v) is 23.0. The van der Waals surface area contributed by atoms with Crippen LogP contribution in [-0.4, -0.2) is 59.9 Å². The van der Waals surface area contributed by atoms with Gasteiger partial charge in [0.15, 0.2) is 0 Å². The fourth-order valence-corrected chi connectivity index (χ4v) is 5.06. The van der Waals surface area contributed by atoms with E-state index in [2.05, 4.69) is 46.8 Å². The predicted octanol–water partition coefficient (Wildman–Crippen LogP) is 4.30. The Kier molecular flexibility index (Phi) is 7.60. The van der Waals surface area contributed by atoms with E-state index >= 15 is 0 Å². The molecule has 42 heavy (non-hydrogen) atoms. The molecule has 3 aromatic rings. The van der Waals surface area contributed by atoms with E-state index in [4.69, 9.17) is 0 Å². The van der Waals surface area contributed by atoms with Crippen LogP contribution in [0.1, 0.15) is 34.5 Å². The minimum atomic E-state index is -4.85. The molecule has 3 N–H and O–H groups in total. The average Bonchev–Trinajstić information content (AvgIpc) is 3.65. The first-order chi connectivity index (χ1) is 20.2. The summed E-state index contributed by atoms with van der Waals surface area (Å²) in [7, 11) is 0. The highest BCUT2D eigenvalue weighted by Gasteiger charge is 2.31. The molecule has 2 aliphatic heterocycles. The van der Waals surface area contributed by atoms with Crippen molar-refractivity contribution in [1.82, 2.24) is 25.8 Å². The highest BCUT2D eigenvalue weighted by molar-refractivity contribution is 6.04. The first-order valence-electron chi connectivity index (χ1n) is 13.8. The molecular formula is C29H31F3N8O2. The number of hydrogen-bond acceptors (Lipinski definition) is 9. The van der Waals surface area contributed by atoms with E-state index in [1.807, 2.05) is 19.3 Å². The van der Waals surface area contributed by atoms with Gasteiger partial charge in [-0.1, -0.05) is 6.07 Å². The average molecular weight is 581 g/mol. The fraction of sp³-hybridized carbons (Fsp3) is 0.345. The number of amides is 1. The number of piperazine rings is 1. The van der Waals surface area contributed by atoms with Gasteiger partial charge in [0, 0.05) is 56.2 Å². The molecule has 0 bridgehead atoms. The van der Waals surface area contributed by atoms with Crippen molar-refractivity contribution in [2.45, 2.75) is 26.1 Å². The first-order valence-corrected chi connectivity index (χ1v) is 13.8. The van der Waals surface area contributed by atoms with Crippen LogP contribution in [0, 0.1) is 12.8 Å². The molecule has 0 atom stereocenters. The van der Waals surface area contributed by atoms with E-state index in [1.54, 1.807) is 17.3 Å². The van der Waals surface area contributed by atoms with Gasteiger partial charge in [-0.15, -0.1) is 18.7 Å². The molecule has 1 aromatic carbocycles. The lowest BCUT2D eigenvalue weighted by Gasteiger charge is -2.36. The van der Waals surface area contributed by atoms with E-state index in [-0.39, 0.29) is 5.56 Å². The molecule has 1 amide bonds. The second-order valence-corrected chi connectivity index (χ2v) is 10.7. The second kappa shape index (κ2) is 11.5. The number of alkyl halides is 3. The van der Waals surface area contributed by atoms with Gasteiger partial charge in [0.2, 0.25) is 0 Å². The highest BCUT2D eigenvalue weighted by Crippen LogP contribution is 2.31. The summed E-state index contributed by atoms with van der Waals surface area (Å²) in [6, 6.07) is 8.72. The Morgan fingerprint density at radius 1 is 1.10 bits per heavy atom. The fourth-order valence-electron chi connectivity index (χ4n) is 5.06. The number of nitrogens with one attached hydrogen (secondary N) is 3. The molecule has 3 aliphatic rings. The van der Waals surface area contributed by atoms with Crippen molar-refractivity contribution in [2.24, 2.45) is 5.92 Å². The van der Waals surface area contributed by atoms with Crippen LogP contribution in [0.4, 0.5) is 30.2 Å². The van der Waals surface area contributed by atoms with Crippen LogP contribution >= 0.6 is 0 Å². The molecule has 1 saturated heterocycles. The van der Waals surface area contributed by atoms with Gasteiger partial charge in [0.05, 0.1) is 40.8 Å². The number of carbonyl (C=O) groups excluding carboxylic acids is 1. The third-order valence-corrected chi connectivity index (χ3v) is 7.46. The van der Waals surface area contributed by atoms with Gasteiger partial charge >= 0.3 is 6.36 Å². The van der Waals surface area contributed by atoms with Gasteiger partial charge in [-0.05, 0) is 56.0 Å². The zero-order valence-electron chi connectivity index (χ0n) is 23.0. The van der Waals surface area contributed by atoms with Crippen molar-refractivity contribution in [2.75, 3.05) is 47.9 Å². The molecule has 0 unspecified atom stereocenters. The summed E-state index contributed by atoms with van der Waals surface area (Å²) in [5.74, 6) is -0.177. The van der Waals surface area contributed by atoms with E-state index in [9.17, 15) is 18.0 Å². The highest BCUT2D eigenvalue weighted by atomic mass is 19.4. The second-order valence-electron chi connectivity index (χ2n) is 10.7. The van der Waals surface area contributed by atoms with Gasteiger partial charge in [-0.3, -0.25) is 24.7 Å². The Balaban J connectivity index is 1.13. The molecule has 1 aliphatic carbocycles. The smallest absolute Gasteiger partial charge is 0.406 e. The van der Waals surface area contributed by atoms with Crippen molar-refractivity contribution >= 4 is 28.7 Å². The zero-order chi connectivity index (χ0) is 29.3. The third kappa shape index (κ3) is 6.74. The third-order valence-electron chi connectivity index (χ3n) is 7.46. The Morgan fingerprint density at radius 3 is 2.67 bits per heavy atom. The minimum absolute atomic E-state index is 0.0127. The van der Waals surface area contributed by atoms with Gasteiger partial charge in [-0.2, -0.15) is 0 Å². The van der Waals surface area contributed by atoms with Crippen LogP contribution in [0.5, 0.6) is 5.75 Å². The lowest BCUT2D eigenvalue weighted by Crippen LogP contribution is -2.47. The van der Waals surface area contributed by atoms with Crippen LogP contribution in [0.3, 0.4) is 0 Å². The molecule has 2 aromatic heterocycles. The Bertz CT molecular complexity index is 1490. The Labute approximate surface area is 241 Å². The van der Waals surface area contributed by atoms with Crippen LogP contribution in [0.2, 0.25) is 0 Å². The topological polar surface area (TPSA) is 97.9 Å². The summed E-state index contributed by atoms with van der Waals surface area (Å²) in [6.45, 7) is 7.10. The van der Waals surface area contributed by atoms with Crippen molar-refractivity contribution in [3.63, 3.8) is 0 Å². The van der Waals surface area contributed by atoms with Crippen molar-refractivity contribution in [3.05, 3.63) is 78.0 Å². The number of aromatic nitrogens is 2. The molecule has 6 rings (SSSR count). The lowest BCUT2D eigenvalue weighted by molar-refractivity contribution is -0.274. The van der Waals surface area contributed by atoms with E-state index in [0.29, 0.717) is 17.1 Å². The number of aryl methyl sites for hydroxylation is 1. The van der Waals surface area contributed by atoms with E-state index in [0.717, 1.165) is 61.2 Å². The van der Waals surface area contributed by atoms with Crippen molar-refractivity contribution in [3.8, 4) is 5.75 Å². The minimum Gasteiger partial charge on any atom is -0.406 e. The number of anilines is 3. The van der Waals surface area contributed by atoms with Gasteiger partial charge < -0.3 is 20.4 Å². The monoisotopic (exact) mass is 580 g/mol. The number of nitrogens with zero attached hydrogens (tertiary/aromatic N) is 5. The number of hydrogen-bond donors (Lipinski definition) is 3. The van der Waals surface area contributed by atoms with Crippen LogP contribution in [-0.2, 0) is 0 Å². The van der Waals surface area contributed by atoms with Gasteiger partial charge in [0.1, 0.15) is 5.75 Å². The number of halogens is 3. The number of benzene rings is 1. The molecule has 1 saturated carbocycles. The van der Waals surface area contributed by atoms with Crippen LogP contribution in [0.15, 0.2) is 61.2 Å². The summed E-state index contributed by atoms with van der Waals surface area (Å²) in [6.07, 6.45) is 4.94. The maximum absolute atomic E-state index is 12.8. The summed E-state index contributed by atoms with van der Waals surface area (Å²) in [5.41, 5.74) is 10.8. The number of carbonyl (C=O) groups is 1. The lowest BCUT2D eigenvalue weighted by atomic mass is 10.2. The van der Waals surface area contributed by atoms with Crippen molar-refractivity contribution < 1.29 is 22.7 Å². The molecule has 0 radical (unpaired) electrons. The SMILES string of the molecule is Cc1ncc(NC(=O)c2cccc(OC(F)(F)F)c2)cc1N1C=C(c2cncc(N3CCN(CC4CC4)CC3)c2)NN1. The molecule has 4 heterocycles. The number of pyridine rings is 2. The summed E-state index contributed by atoms with van der Waals surface area (Å²) in [5, 5.41) is 4.43. The van der Waals surface area contributed by atoms with Crippen molar-refractivity contribution in [1.29, 1.82) is 0 Å². The predicted molar refractivity (Wildman–Crippen MR) is 152 cm³/mol. The summed E-state index contributed by atoms with van der Waals surface area (Å²) in [4.78, 5) is 26.6. The molecular weight excluding hydrogens is 549 g/mol. The number of ether oxygens (including phenoxy) is 1. The first kappa shape index (κ1) is 27.8. The summed E-state index contributed by atoms with van der Waals surface area (Å²) >= 11 is 0. The van der Waals surface area contributed by atoms with Crippen LogP contribution < -0.4 is 30.9 Å². The number of hydrazine groups is 2. The molecule has 10 nitrogen and oxygen atoms in total. The van der Waals surface area contributed by atoms with E-state index in [1.165, 1.54) is 37.7 Å². The molecule has 2 fully saturated rings. The summed E-state index contributed by atoms with van der Waals surface area (Å²) < 4.78 is 41.7. The maximum Gasteiger partial charge on any atom is 0.573 e. The Hall–Kier alpha value is -4.36. The maximum atomic E-state index is 12.8. The molecule has 220 valence electrons. The Morgan fingerprint density at radius 2 is 1.90 bits per heavy atom. The van der Waals surface area contributed by atoms with Gasteiger partial charge in [0.25, 0.3) is 5.91 Å². The van der Waals surface area contributed by atoms with E-state index < -0.39 is 18.0 Å². The molecule has 13 heteroatoms. The normalized spacial score (nSPS) is 17.6. The van der Waals surface area contributed by atoms with Gasteiger partial charge in [-0.25, -0.2) is 0 Å². The number of rotatable bonds is 8.